The third kappa shape index (κ3) is 65.3. The fourth-order valence-electron chi connectivity index (χ4n) is 9.76. The fraction of sp³-hybridized carbons (Fsp3) is 0.767. The number of esters is 3. The van der Waals surface area contributed by atoms with E-state index >= 15 is 0 Å². The van der Waals surface area contributed by atoms with Gasteiger partial charge in [0.05, 0.1) is 0 Å². The van der Waals surface area contributed by atoms with Crippen LogP contribution in [0.15, 0.2) is 85.1 Å². The molecule has 6 nitrogen and oxygen atoms in total. The second kappa shape index (κ2) is 67.1. The van der Waals surface area contributed by atoms with Crippen LogP contribution in [0.3, 0.4) is 0 Å². The highest BCUT2D eigenvalue weighted by atomic mass is 16.6. The fourth-order valence-corrected chi connectivity index (χ4v) is 9.76. The summed E-state index contributed by atoms with van der Waals surface area (Å²) in [6.45, 7) is 6.53. The number of carbonyl (C=O) groups excluding carboxylic acids is 3. The minimum atomic E-state index is -0.782. The van der Waals surface area contributed by atoms with E-state index < -0.39 is 6.10 Å². The highest BCUT2D eigenvalue weighted by Gasteiger charge is 2.19. The lowest BCUT2D eigenvalue weighted by Gasteiger charge is -2.18. The van der Waals surface area contributed by atoms with Crippen LogP contribution in [-0.4, -0.2) is 37.2 Å². The summed E-state index contributed by atoms with van der Waals surface area (Å²) in [6, 6.07) is 0. The van der Waals surface area contributed by atoms with Gasteiger partial charge in [-0.1, -0.05) is 292 Å². The molecule has 0 radical (unpaired) electrons. The molecule has 0 N–H and O–H groups in total. The van der Waals surface area contributed by atoms with Crippen molar-refractivity contribution in [3.8, 4) is 0 Å². The molecular weight excluding hydrogens is 973 g/mol. The van der Waals surface area contributed by atoms with Gasteiger partial charge in [-0.25, -0.2) is 0 Å². The molecule has 0 aliphatic rings. The highest BCUT2D eigenvalue weighted by molar-refractivity contribution is 5.71. The number of unbranched alkanes of at least 4 members (excludes halogenated alkanes) is 37. The highest BCUT2D eigenvalue weighted by Crippen LogP contribution is 2.17. The van der Waals surface area contributed by atoms with E-state index in [1.165, 1.54) is 193 Å². The molecule has 0 rings (SSSR count). The second-order valence-corrected chi connectivity index (χ2v) is 22.7. The molecule has 456 valence electrons. The molecule has 0 saturated heterocycles. The molecule has 6 heteroatoms. The third-order valence-corrected chi connectivity index (χ3v) is 14.9. The van der Waals surface area contributed by atoms with E-state index in [2.05, 4.69) is 106 Å². The number of allylic oxidation sites excluding steroid dienone is 14. The van der Waals surface area contributed by atoms with Crippen molar-refractivity contribution in [1.82, 2.24) is 0 Å². The largest absolute Gasteiger partial charge is 0.462 e. The Bertz CT molecular complexity index is 1500. The monoisotopic (exact) mass is 1100 g/mol. The van der Waals surface area contributed by atoms with Crippen LogP contribution < -0.4 is 0 Å². The average molecular weight is 1100 g/mol. The zero-order chi connectivity index (χ0) is 57.1. The maximum atomic E-state index is 12.9. The van der Waals surface area contributed by atoms with Crippen LogP contribution in [0.25, 0.3) is 0 Å². The summed E-state index contributed by atoms with van der Waals surface area (Å²) in [6.07, 6.45) is 89.0. The van der Waals surface area contributed by atoms with E-state index in [9.17, 15) is 14.4 Å². The van der Waals surface area contributed by atoms with Crippen molar-refractivity contribution < 1.29 is 28.6 Å². The van der Waals surface area contributed by atoms with Gasteiger partial charge in [-0.15, -0.1) is 0 Å². The summed E-state index contributed by atoms with van der Waals surface area (Å²) in [4.78, 5) is 38.3. The molecule has 0 amide bonds. The maximum absolute atomic E-state index is 12.9. The van der Waals surface area contributed by atoms with Crippen LogP contribution >= 0.6 is 0 Å². The third-order valence-electron chi connectivity index (χ3n) is 14.9. The first-order valence-corrected chi connectivity index (χ1v) is 34.1. The van der Waals surface area contributed by atoms with Crippen molar-refractivity contribution in [2.45, 2.75) is 348 Å². The molecule has 0 heterocycles. The SMILES string of the molecule is CC/C=C\C/C=C\C/C=C\C/C=C\C/C=C\CCCCCCCCCCCCCCCCCCCC(=O)OCC(COC(=O)CCCCCCC/C=C\CCCCCC)OC(=O)CCCCCCC/C=C\CCCCCCCC. The Morgan fingerprint density at radius 3 is 0.797 bits per heavy atom. The molecule has 1 atom stereocenters. The topological polar surface area (TPSA) is 78.9 Å². The smallest absolute Gasteiger partial charge is 0.306 e. The molecule has 0 aromatic rings. The number of hydrogen-bond donors (Lipinski definition) is 0. The van der Waals surface area contributed by atoms with Gasteiger partial charge >= 0.3 is 17.9 Å². The van der Waals surface area contributed by atoms with Crippen molar-refractivity contribution in [1.29, 1.82) is 0 Å². The lowest BCUT2D eigenvalue weighted by molar-refractivity contribution is -0.167. The van der Waals surface area contributed by atoms with Gasteiger partial charge in [-0.3, -0.25) is 14.4 Å². The lowest BCUT2D eigenvalue weighted by Crippen LogP contribution is -2.30. The Morgan fingerprint density at radius 1 is 0.266 bits per heavy atom. The average Bonchev–Trinajstić information content (AvgIpc) is 3.45. The summed E-state index contributed by atoms with van der Waals surface area (Å²) in [5.74, 6) is -0.880. The van der Waals surface area contributed by atoms with Crippen LogP contribution in [0, 0.1) is 0 Å². The van der Waals surface area contributed by atoms with E-state index in [0.717, 1.165) is 109 Å². The minimum absolute atomic E-state index is 0.0785. The molecular formula is C73H128O6. The summed E-state index contributed by atoms with van der Waals surface area (Å²) in [5, 5.41) is 0. The Labute approximate surface area is 490 Å². The predicted molar refractivity (Wildman–Crippen MR) is 344 cm³/mol. The first kappa shape index (κ1) is 75.6. The van der Waals surface area contributed by atoms with Gasteiger partial charge in [0.1, 0.15) is 13.2 Å². The normalized spacial score (nSPS) is 12.6. The summed E-state index contributed by atoms with van der Waals surface area (Å²) in [7, 11) is 0. The minimum Gasteiger partial charge on any atom is -0.462 e. The van der Waals surface area contributed by atoms with Gasteiger partial charge in [-0.2, -0.15) is 0 Å². The summed E-state index contributed by atoms with van der Waals surface area (Å²) in [5.41, 5.74) is 0. The van der Waals surface area contributed by atoms with Crippen LogP contribution in [0.2, 0.25) is 0 Å². The molecule has 79 heavy (non-hydrogen) atoms. The molecule has 0 spiro atoms. The van der Waals surface area contributed by atoms with Gasteiger partial charge in [-0.05, 0) is 116 Å². The molecule has 0 saturated carbocycles. The predicted octanol–water partition coefficient (Wildman–Crippen LogP) is 23.4. The molecule has 1 unspecified atom stereocenters. The van der Waals surface area contributed by atoms with Crippen molar-refractivity contribution in [3.05, 3.63) is 85.1 Å². The first-order valence-electron chi connectivity index (χ1n) is 34.1. The van der Waals surface area contributed by atoms with Crippen molar-refractivity contribution in [3.63, 3.8) is 0 Å². The van der Waals surface area contributed by atoms with E-state index in [1.807, 2.05) is 0 Å². The van der Waals surface area contributed by atoms with E-state index in [0.29, 0.717) is 19.3 Å². The van der Waals surface area contributed by atoms with Crippen LogP contribution in [0.5, 0.6) is 0 Å². The van der Waals surface area contributed by atoms with Gasteiger partial charge in [0.25, 0.3) is 0 Å². The van der Waals surface area contributed by atoms with E-state index in [1.54, 1.807) is 0 Å². The summed E-state index contributed by atoms with van der Waals surface area (Å²) >= 11 is 0. The first-order chi connectivity index (χ1) is 39.0. The number of carbonyl (C=O) groups is 3. The molecule has 0 bridgehead atoms. The molecule has 0 aromatic carbocycles. The van der Waals surface area contributed by atoms with Gasteiger partial charge in [0.2, 0.25) is 0 Å². The quantitative estimate of drug-likeness (QED) is 0.0261. The molecule has 0 aliphatic heterocycles. The van der Waals surface area contributed by atoms with Gasteiger partial charge in [0, 0.05) is 19.3 Å². The van der Waals surface area contributed by atoms with Gasteiger partial charge < -0.3 is 14.2 Å². The lowest BCUT2D eigenvalue weighted by atomic mass is 10.0. The van der Waals surface area contributed by atoms with Crippen molar-refractivity contribution in [2.24, 2.45) is 0 Å². The second-order valence-electron chi connectivity index (χ2n) is 22.7. The zero-order valence-corrected chi connectivity index (χ0v) is 52.4. The van der Waals surface area contributed by atoms with E-state index in [-0.39, 0.29) is 31.1 Å². The molecule has 0 aromatic heterocycles. The Morgan fingerprint density at radius 2 is 0.494 bits per heavy atom. The van der Waals surface area contributed by atoms with E-state index in [4.69, 9.17) is 14.2 Å². The summed E-state index contributed by atoms with van der Waals surface area (Å²) < 4.78 is 16.9. The Balaban J connectivity index is 4.15. The maximum Gasteiger partial charge on any atom is 0.306 e. The molecule has 0 aliphatic carbocycles. The Kier molecular flexibility index (Phi) is 64.2. The van der Waals surface area contributed by atoms with Crippen LogP contribution in [-0.2, 0) is 28.6 Å². The number of ether oxygens (including phenoxy) is 3. The Hall–Kier alpha value is -3.41. The van der Waals surface area contributed by atoms with Crippen molar-refractivity contribution in [2.75, 3.05) is 13.2 Å². The standard InChI is InChI=1S/C73H128O6/c1-4-7-10-13-16-19-22-25-27-28-29-30-31-32-33-34-35-36-37-38-39-40-41-42-43-44-46-48-51-54-57-60-63-66-72(75)78-69-70(68-77-71(74)65-62-59-56-53-50-47-24-21-18-15-12-9-6-3)79-73(76)67-64-61-58-55-52-49-45-26-23-20-17-14-11-8-5-2/h7,10,16,19,21,24-27,29-30,32-33,45,70H,4-6,8-9,11-15,17-18,20,22-23,28,31,34-44,46-69H2,1-3H3/b10-7-,19-16-,24-21-,27-25-,30-29-,33-32-,45-26-. The van der Waals surface area contributed by atoms with Gasteiger partial charge in [0.15, 0.2) is 6.10 Å². The number of hydrogen-bond acceptors (Lipinski definition) is 6. The van der Waals surface area contributed by atoms with Crippen molar-refractivity contribution >= 4 is 17.9 Å². The van der Waals surface area contributed by atoms with Crippen LogP contribution in [0.4, 0.5) is 0 Å². The molecule has 0 fully saturated rings. The zero-order valence-electron chi connectivity index (χ0n) is 52.4. The van der Waals surface area contributed by atoms with Crippen LogP contribution in [0.1, 0.15) is 342 Å². The number of rotatable bonds is 62.